The van der Waals surface area contributed by atoms with Gasteiger partial charge in [-0.05, 0) is 31.0 Å². The molecule has 0 fully saturated rings. The standard InChI is InChI=1S/C17H22FN5OS.HI/c1-11-4-5-13(8-14(11)18)9-22-17(19-3)21-7-6-20-16(24)15-12(2)23-10-25-15;/h4-5,8,10H,6-7,9H2,1-3H3,(H,20,24)(H2,19,21,22);1H. The van der Waals surface area contributed by atoms with Crippen molar-refractivity contribution < 1.29 is 9.18 Å². The van der Waals surface area contributed by atoms with E-state index in [0.717, 1.165) is 11.3 Å². The molecule has 0 unspecified atom stereocenters. The zero-order chi connectivity index (χ0) is 18.2. The summed E-state index contributed by atoms with van der Waals surface area (Å²) in [4.78, 5) is 20.8. The van der Waals surface area contributed by atoms with E-state index in [-0.39, 0.29) is 35.7 Å². The van der Waals surface area contributed by atoms with Crippen LogP contribution in [-0.2, 0) is 6.54 Å². The Kier molecular flexibility index (Phi) is 9.49. The number of aryl methyl sites for hydroxylation is 2. The van der Waals surface area contributed by atoms with Crippen LogP contribution >= 0.6 is 35.3 Å². The maximum absolute atomic E-state index is 13.5. The van der Waals surface area contributed by atoms with Gasteiger partial charge in [-0.3, -0.25) is 9.79 Å². The monoisotopic (exact) mass is 491 g/mol. The fourth-order valence-corrected chi connectivity index (χ4v) is 2.83. The molecule has 2 aromatic rings. The molecule has 6 nitrogen and oxygen atoms in total. The van der Waals surface area contributed by atoms with Crippen LogP contribution in [0.5, 0.6) is 0 Å². The first-order chi connectivity index (χ1) is 12.0. The molecule has 0 atom stereocenters. The number of nitrogens with zero attached hydrogens (tertiary/aromatic N) is 2. The van der Waals surface area contributed by atoms with E-state index in [9.17, 15) is 9.18 Å². The van der Waals surface area contributed by atoms with Crippen LogP contribution in [0.1, 0.15) is 26.5 Å². The lowest BCUT2D eigenvalue weighted by molar-refractivity contribution is 0.0957. The first-order valence-corrected chi connectivity index (χ1v) is 8.77. The van der Waals surface area contributed by atoms with Gasteiger partial charge in [0.15, 0.2) is 5.96 Å². The molecule has 0 bridgehead atoms. The average molecular weight is 491 g/mol. The molecule has 0 saturated carbocycles. The van der Waals surface area contributed by atoms with E-state index in [1.807, 2.05) is 13.0 Å². The molecule has 9 heteroatoms. The van der Waals surface area contributed by atoms with Gasteiger partial charge in [-0.2, -0.15) is 0 Å². The van der Waals surface area contributed by atoms with Gasteiger partial charge in [0, 0.05) is 26.7 Å². The Morgan fingerprint density at radius 2 is 1.96 bits per heavy atom. The van der Waals surface area contributed by atoms with Crippen LogP contribution < -0.4 is 16.0 Å². The fourth-order valence-electron chi connectivity index (χ4n) is 2.11. The fraction of sp³-hybridized carbons (Fsp3) is 0.353. The van der Waals surface area contributed by atoms with Crippen molar-refractivity contribution in [3.8, 4) is 0 Å². The van der Waals surface area contributed by atoms with Crippen LogP contribution in [-0.4, -0.2) is 37.0 Å². The van der Waals surface area contributed by atoms with E-state index in [4.69, 9.17) is 0 Å². The van der Waals surface area contributed by atoms with Crippen LogP contribution in [0.15, 0.2) is 28.7 Å². The largest absolute Gasteiger partial charge is 0.355 e. The Morgan fingerprint density at radius 3 is 2.58 bits per heavy atom. The first-order valence-electron chi connectivity index (χ1n) is 7.89. The summed E-state index contributed by atoms with van der Waals surface area (Å²) >= 11 is 1.32. The van der Waals surface area contributed by atoms with Crippen molar-refractivity contribution in [2.45, 2.75) is 20.4 Å². The molecule has 26 heavy (non-hydrogen) atoms. The lowest BCUT2D eigenvalue weighted by Crippen LogP contribution is -2.41. The minimum atomic E-state index is -0.219. The molecular formula is C17H23FIN5OS. The highest BCUT2D eigenvalue weighted by Crippen LogP contribution is 2.11. The normalized spacial score (nSPS) is 10.8. The van der Waals surface area contributed by atoms with Gasteiger partial charge < -0.3 is 16.0 Å². The van der Waals surface area contributed by atoms with Gasteiger partial charge in [-0.1, -0.05) is 12.1 Å². The predicted molar refractivity (Wildman–Crippen MR) is 114 cm³/mol. The third-order valence-corrected chi connectivity index (χ3v) is 4.50. The summed E-state index contributed by atoms with van der Waals surface area (Å²) in [7, 11) is 1.66. The number of thiazole rings is 1. The molecule has 0 saturated heterocycles. The molecule has 0 aliphatic carbocycles. The van der Waals surface area contributed by atoms with Crippen molar-refractivity contribution >= 4 is 47.2 Å². The van der Waals surface area contributed by atoms with Crippen molar-refractivity contribution in [2.75, 3.05) is 20.1 Å². The second-order valence-corrected chi connectivity index (χ2v) is 6.31. The maximum atomic E-state index is 13.5. The van der Waals surface area contributed by atoms with Crippen molar-refractivity contribution in [3.63, 3.8) is 0 Å². The van der Waals surface area contributed by atoms with Crippen molar-refractivity contribution in [2.24, 2.45) is 4.99 Å². The zero-order valence-corrected chi connectivity index (χ0v) is 18.1. The molecule has 0 aliphatic heterocycles. The predicted octanol–water partition coefficient (Wildman–Crippen LogP) is 2.61. The second-order valence-electron chi connectivity index (χ2n) is 5.46. The molecule has 1 aromatic carbocycles. The third kappa shape index (κ3) is 6.52. The highest BCUT2D eigenvalue weighted by atomic mass is 127. The van der Waals surface area contributed by atoms with Gasteiger partial charge in [-0.15, -0.1) is 35.3 Å². The van der Waals surface area contributed by atoms with Gasteiger partial charge in [0.1, 0.15) is 10.7 Å². The topological polar surface area (TPSA) is 78.4 Å². The third-order valence-electron chi connectivity index (χ3n) is 3.57. The van der Waals surface area contributed by atoms with Crippen molar-refractivity contribution in [1.82, 2.24) is 20.9 Å². The van der Waals surface area contributed by atoms with E-state index >= 15 is 0 Å². The lowest BCUT2D eigenvalue weighted by atomic mass is 10.1. The Hall–Kier alpha value is -1.75. The highest BCUT2D eigenvalue weighted by molar-refractivity contribution is 14.0. The number of carbonyl (C=O) groups is 1. The molecule has 2 rings (SSSR count). The van der Waals surface area contributed by atoms with Crippen LogP contribution in [0.25, 0.3) is 0 Å². The number of aromatic nitrogens is 1. The summed E-state index contributed by atoms with van der Waals surface area (Å²) in [6.45, 7) is 4.98. The van der Waals surface area contributed by atoms with Crippen LogP contribution in [0.3, 0.4) is 0 Å². The minimum Gasteiger partial charge on any atom is -0.355 e. The van der Waals surface area contributed by atoms with E-state index in [1.54, 1.807) is 25.5 Å². The number of benzene rings is 1. The molecule has 142 valence electrons. The summed E-state index contributed by atoms with van der Waals surface area (Å²) in [5.74, 6) is 0.243. The molecule has 1 heterocycles. The number of guanidine groups is 1. The zero-order valence-electron chi connectivity index (χ0n) is 14.9. The first kappa shape index (κ1) is 22.3. The van der Waals surface area contributed by atoms with Gasteiger partial charge >= 0.3 is 0 Å². The average Bonchev–Trinajstić information content (AvgIpc) is 3.03. The number of nitrogens with one attached hydrogen (secondary N) is 3. The number of halogens is 2. The second kappa shape index (κ2) is 11.1. The van der Waals surface area contributed by atoms with Crippen LogP contribution in [0.2, 0.25) is 0 Å². The molecule has 3 N–H and O–H groups in total. The van der Waals surface area contributed by atoms with Crippen molar-refractivity contribution in [3.05, 3.63) is 51.2 Å². The summed E-state index contributed by atoms with van der Waals surface area (Å²) in [6, 6.07) is 5.13. The van der Waals surface area contributed by atoms with E-state index in [2.05, 4.69) is 25.9 Å². The van der Waals surface area contributed by atoms with Gasteiger partial charge in [0.2, 0.25) is 0 Å². The van der Waals surface area contributed by atoms with Gasteiger partial charge in [0.25, 0.3) is 5.91 Å². The van der Waals surface area contributed by atoms with Crippen molar-refractivity contribution in [1.29, 1.82) is 0 Å². The molecule has 0 aliphatic rings. The van der Waals surface area contributed by atoms with Crippen LogP contribution in [0, 0.1) is 19.7 Å². The maximum Gasteiger partial charge on any atom is 0.263 e. The Bertz CT molecular complexity index is 765. The summed E-state index contributed by atoms with van der Waals surface area (Å²) < 4.78 is 13.5. The van der Waals surface area contributed by atoms with E-state index in [0.29, 0.717) is 36.0 Å². The Labute approximate surface area is 173 Å². The van der Waals surface area contributed by atoms with E-state index < -0.39 is 0 Å². The molecule has 0 radical (unpaired) electrons. The quantitative estimate of drug-likeness (QED) is 0.251. The molecule has 0 spiro atoms. The van der Waals surface area contributed by atoms with Gasteiger partial charge in [-0.25, -0.2) is 9.37 Å². The molecule has 1 aromatic heterocycles. The van der Waals surface area contributed by atoms with Gasteiger partial charge in [0.05, 0.1) is 11.2 Å². The summed E-state index contributed by atoms with van der Waals surface area (Å²) in [5, 5.41) is 9.04. The lowest BCUT2D eigenvalue weighted by Gasteiger charge is -2.12. The highest BCUT2D eigenvalue weighted by Gasteiger charge is 2.10. The molecule has 1 amide bonds. The van der Waals surface area contributed by atoms with Crippen LogP contribution in [0.4, 0.5) is 4.39 Å². The Morgan fingerprint density at radius 1 is 1.23 bits per heavy atom. The smallest absolute Gasteiger partial charge is 0.263 e. The number of hydrogen-bond donors (Lipinski definition) is 3. The number of carbonyl (C=O) groups excluding carboxylic acids is 1. The minimum absolute atomic E-state index is 0. The molecular weight excluding hydrogens is 468 g/mol. The Balaban J connectivity index is 0.00000338. The number of aliphatic imine (C=N–C) groups is 1. The number of rotatable bonds is 6. The summed E-state index contributed by atoms with van der Waals surface area (Å²) in [6.07, 6.45) is 0. The summed E-state index contributed by atoms with van der Waals surface area (Å²) in [5.41, 5.74) is 3.85. The number of hydrogen-bond acceptors (Lipinski definition) is 4. The van der Waals surface area contributed by atoms with E-state index in [1.165, 1.54) is 17.4 Å². The SMILES string of the molecule is CN=C(NCCNC(=O)c1scnc1C)NCc1ccc(C)c(F)c1.I. The number of amides is 1.